The number of anilines is 1. The minimum absolute atomic E-state index is 0.293. The first-order chi connectivity index (χ1) is 9.25. The van der Waals surface area contributed by atoms with Crippen LogP contribution in [0, 0.1) is 5.92 Å². The molecule has 0 spiro atoms. The predicted molar refractivity (Wildman–Crippen MR) is 70.0 cm³/mol. The van der Waals surface area contributed by atoms with Crippen LogP contribution < -0.4 is 4.90 Å². The molecule has 1 aliphatic carbocycles. The maximum Gasteiger partial charge on any atom is 0.321 e. The molecule has 6 heteroatoms. The maximum absolute atomic E-state index is 11.4. The molecule has 19 heavy (non-hydrogen) atoms. The highest BCUT2D eigenvalue weighted by molar-refractivity contribution is 5.74. The summed E-state index contributed by atoms with van der Waals surface area (Å²) in [6.45, 7) is 3.12. The Morgan fingerprint density at radius 2 is 1.84 bits per heavy atom. The summed E-state index contributed by atoms with van der Waals surface area (Å²) in [7, 11) is 0. The van der Waals surface area contributed by atoms with Crippen molar-refractivity contribution >= 4 is 11.9 Å². The Balaban J connectivity index is 1.61. The van der Waals surface area contributed by atoms with Gasteiger partial charge in [-0.2, -0.15) is 0 Å². The molecule has 1 aromatic rings. The molecule has 0 aromatic carbocycles. The summed E-state index contributed by atoms with van der Waals surface area (Å²) in [6.07, 6.45) is 5.58. The van der Waals surface area contributed by atoms with E-state index in [0.29, 0.717) is 5.92 Å². The van der Waals surface area contributed by atoms with E-state index in [9.17, 15) is 9.90 Å². The third-order valence-electron chi connectivity index (χ3n) is 3.86. The standard InChI is InChI=1S/C13H18N4O2/c18-12(19)11(10-2-3-10)16-6-8-17(9-7-16)13-14-4-1-5-15-13/h1,4-5,10-11H,2-3,6-9H2,(H,18,19). The molecule has 0 amide bonds. The quantitative estimate of drug-likeness (QED) is 0.850. The van der Waals surface area contributed by atoms with Gasteiger partial charge in [-0.15, -0.1) is 0 Å². The SMILES string of the molecule is O=C(O)C(C1CC1)N1CCN(c2ncccn2)CC1. The Morgan fingerprint density at radius 3 is 2.37 bits per heavy atom. The molecule has 0 radical (unpaired) electrons. The third kappa shape index (κ3) is 2.68. The van der Waals surface area contributed by atoms with E-state index in [1.165, 1.54) is 0 Å². The van der Waals surface area contributed by atoms with Gasteiger partial charge in [-0.1, -0.05) is 0 Å². The second-order valence-electron chi connectivity index (χ2n) is 5.19. The molecule has 102 valence electrons. The average molecular weight is 262 g/mol. The van der Waals surface area contributed by atoms with Crippen LogP contribution in [0.25, 0.3) is 0 Å². The molecule has 1 aliphatic heterocycles. The van der Waals surface area contributed by atoms with Gasteiger partial charge in [0.1, 0.15) is 6.04 Å². The number of carbonyl (C=O) groups is 1. The van der Waals surface area contributed by atoms with E-state index in [1.807, 2.05) is 0 Å². The van der Waals surface area contributed by atoms with Gasteiger partial charge < -0.3 is 10.0 Å². The van der Waals surface area contributed by atoms with Crippen LogP contribution >= 0.6 is 0 Å². The Bertz CT molecular complexity index is 441. The van der Waals surface area contributed by atoms with Crippen LogP contribution in [0.1, 0.15) is 12.8 Å². The minimum atomic E-state index is -0.674. The van der Waals surface area contributed by atoms with E-state index in [2.05, 4.69) is 19.8 Å². The zero-order valence-electron chi connectivity index (χ0n) is 10.8. The van der Waals surface area contributed by atoms with Gasteiger partial charge in [-0.05, 0) is 24.8 Å². The van der Waals surface area contributed by atoms with Crippen LogP contribution in [0.4, 0.5) is 5.95 Å². The van der Waals surface area contributed by atoms with Crippen LogP contribution in [0.2, 0.25) is 0 Å². The van der Waals surface area contributed by atoms with E-state index >= 15 is 0 Å². The number of hydrogen-bond acceptors (Lipinski definition) is 5. The van der Waals surface area contributed by atoms with E-state index in [0.717, 1.165) is 45.0 Å². The Hall–Kier alpha value is -1.69. The molecule has 1 N–H and O–H groups in total. The molecule has 2 fully saturated rings. The maximum atomic E-state index is 11.4. The van der Waals surface area contributed by atoms with E-state index in [-0.39, 0.29) is 6.04 Å². The van der Waals surface area contributed by atoms with Crippen molar-refractivity contribution in [2.24, 2.45) is 5.92 Å². The lowest BCUT2D eigenvalue weighted by Crippen LogP contribution is -2.53. The summed E-state index contributed by atoms with van der Waals surface area (Å²) in [5.74, 6) is 0.421. The molecule has 6 nitrogen and oxygen atoms in total. The summed E-state index contributed by atoms with van der Waals surface area (Å²) in [6, 6.07) is 1.51. The highest BCUT2D eigenvalue weighted by atomic mass is 16.4. The van der Waals surface area contributed by atoms with Gasteiger partial charge in [0.15, 0.2) is 0 Å². The number of aliphatic carboxylic acids is 1. The molecule has 1 aromatic heterocycles. The molecule has 1 saturated heterocycles. The van der Waals surface area contributed by atoms with Gasteiger partial charge in [-0.3, -0.25) is 9.69 Å². The van der Waals surface area contributed by atoms with Gasteiger partial charge in [0.25, 0.3) is 0 Å². The predicted octanol–water partition coefficient (Wildman–Crippen LogP) is 0.462. The summed E-state index contributed by atoms with van der Waals surface area (Å²) in [5, 5.41) is 9.34. The van der Waals surface area contributed by atoms with Crippen LogP contribution in [0.15, 0.2) is 18.5 Å². The molecular weight excluding hydrogens is 244 g/mol. The molecule has 1 unspecified atom stereocenters. The van der Waals surface area contributed by atoms with Crippen molar-refractivity contribution in [2.45, 2.75) is 18.9 Å². The van der Waals surface area contributed by atoms with Crippen molar-refractivity contribution in [1.82, 2.24) is 14.9 Å². The fourth-order valence-corrected chi connectivity index (χ4v) is 2.72. The van der Waals surface area contributed by atoms with Gasteiger partial charge in [0, 0.05) is 38.6 Å². The molecule has 0 bridgehead atoms. The fourth-order valence-electron chi connectivity index (χ4n) is 2.72. The van der Waals surface area contributed by atoms with Crippen LogP contribution in [0.3, 0.4) is 0 Å². The second kappa shape index (κ2) is 5.13. The number of carboxylic acid groups (broad SMARTS) is 1. The minimum Gasteiger partial charge on any atom is -0.480 e. The lowest BCUT2D eigenvalue weighted by Gasteiger charge is -2.37. The number of piperazine rings is 1. The fraction of sp³-hybridized carbons (Fsp3) is 0.615. The van der Waals surface area contributed by atoms with Gasteiger partial charge in [0.05, 0.1) is 0 Å². The van der Waals surface area contributed by atoms with Crippen LogP contribution in [-0.4, -0.2) is 58.2 Å². The Morgan fingerprint density at radius 1 is 1.21 bits per heavy atom. The van der Waals surface area contributed by atoms with Crippen molar-refractivity contribution in [3.63, 3.8) is 0 Å². The first-order valence-corrected chi connectivity index (χ1v) is 6.74. The lowest BCUT2D eigenvalue weighted by atomic mass is 10.1. The van der Waals surface area contributed by atoms with Crippen molar-refractivity contribution in [2.75, 3.05) is 31.1 Å². The largest absolute Gasteiger partial charge is 0.480 e. The molecule has 2 aliphatic rings. The number of hydrogen-bond donors (Lipinski definition) is 1. The summed E-state index contributed by atoms with van der Waals surface area (Å²) >= 11 is 0. The molecule has 1 atom stereocenters. The monoisotopic (exact) mass is 262 g/mol. The Labute approximate surface area is 112 Å². The first kappa shape index (κ1) is 12.3. The zero-order chi connectivity index (χ0) is 13.2. The van der Waals surface area contributed by atoms with Crippen LogP contribution in [0.5, 0.6) is 0 Å². The van der Waals surface area contributed by atoms with Gasteiger partial charge in [0.2, 0.25) is 5.95 Å². The van der Waals surface area contributed by atoms with Crippen molar-refractivity contribution < 1.29 is 9.90 Å². The topological polar surface area (TPSA) is 69.6 Å². The molecular formula is C13H18N4O2. The van der Waals surface area contributed by atoms with E-state index in [1.54, 1.807) is 18.5 Å². The average Bonchev–Trinajstić information content (AvgIpc) is 3.25. The highest BCUT2D eigenvalue weighted by Gasteiger charge is 2.41. The van der Waals surface area contributed by atoms with Crippen molar-refractivity contribution in [1.29, 1.82) is 0 Å². The summed E-state index contributed by atoms with van der Waals surface area (Å²) in [5.41, 5.74) is 0. The summed E-state index contributed by atoms with van der Waals surface area (Å²) in [4.78, 5) is 24.0. The third-order valence-corrected chi connectivity index (χ3v) is 3.86. The first-order valence-electron chi connectivity index (χ1n) is 6.74. The zero-order valence-corrected chi connectivity index (χ0v) is 10.8. The van der Waals surface area contributed by atoms with Gasteiger partial charge in [-0.25, -0.2) is 9.97 Å². The van der Waals surface area contributed by atoms with Crippen LogP contribution in [-0.2, 0) is 4.79 Å². The molecule has 3 rings (SSSR count). The number of rotatable bonds is 4. The Kier molecular flexibility index (Phi) is 3.33. The van der Waals surface area contributed by atoms with E-state index in [4.69, 9.17) is 0 Å². The number of carboxylic acids is 1. The molecule has 1 saturated carbocycles. The lowest BCUT2D eigenvalue weighted by molar-refractivity contribution is -0.144. The van der Waals surface area contributed by atoms with Gasteiger partial charge >= 0.3 is 5.97 Å². The molecule has 2 heterocycles. The van der Waals surface area contributed by atoms with Crippen molar-refractivity contribution in [3.8, 4) is 0 Å². The highest BCUT2D eigenvalue weighted by Crippen LogP contribution is 2.35. The summed E-state index contributed by atoms with van der Waals surface area (Å²) < 4.78 is 0. The number of nitrogens with zero attached hydrogens (tertiary/aromatic N) is 4. The second-order valence-corrected chi connectivity index (χ2v) is 5.19. The smallest absolute Gasteiger partial charge is 0.321 e. The van der Waals surface area contributed by atoms with E-state index < -0.39 is 5.97 Å². The van der Waals surface area contributed by atoms with Crippen molar-refractivity contribution in [3.05, 3.63) is 18.5 Å². The normalized spacial score (nSPS) is 22.2. The number of aromatic nitrogens is 2.